The Bertz CT molecular complexity index is 547. The number of amides is 2. The first-order chi connectivity index (χ1) is 9.97. The van der Waals surface area contributed by atoms with Gasteiger partial charge in [-0.1, -0.05) is 0 Å². The number of nitro benzene ring substituents is 1. The predicted molar refractivity (Wildman–Crippen MR) is 69.6 cm³/mol. The lowest BCUT2D eigenvalue weighted by atomic mass is 10.2. The fraction of sp³-hybridized carbons (Fsp3) is 0.417. The lowest BCUT2D eigenvalue weighted by Gasteiger charge is -2.17. The van der Waals surface area contributed by atoms with Crippen molar-refractivity contribution in [3.63, 3.8) is 0 Å². The van der Waals surface area contributed by atoms with E-state index in [1.807, 2.05) is 0 Å². The van der Waals surface area contributed by atoms with Gasteiger partial charge < -0.3 is 15.0 Å². The second-order valence-electron chi connectivity index (χ2n) is 4.44. The molecule has 1 heterocycles. The molecule has 1 N–H and O–H groups in total. The smallest absolute Gasteiger partial charge is 0.387 e. The molecule has 0 radical (unpaired) electrons. The van der Waals surface area contributed by atoms with Gasteiger partial charge in [-0.15, -0.1) is 0 Å². The highest BCUT2D eigenvalue weighted by molar-refractivity contribution is 5.91. The Labute approximate surface area is 118 Å². The molecule has 7 nitrogen and oxygen atoms in total. The number of nitrogens with one attached hydrogen (secondary N) is 1. The van der Waals surface area contributed by atoms with Crippen molar-refractivity contribution in [2.45, 2.75) is 19.5 Å². The van der Waals surface area contributed by atoms with Gasteiger partial charge in [0, 0.05) is 25.2 Å². The summed E-state index contributed by atoms with van der Waals surface area (Å²) in [5.41, 5.74) is -0.477. The van der Waals surface area contributed by atoms with Gasteiger partial charge in [-0.2, -0.15) is 8.78 Å². The van der Waals surface area contributed by atoms with Crippen molar-refractivity contribution >= 4 is 17.4 Å². The van der Waals surface area contributed by atoms with E-state index in [2.05, 4.69) is 10.1 Å². The molecule has 1 fully saturated rings. The summed E-state index contributed by atoms with van der Waals surface area (Å²) in [5, 5.41) is 13.1. The number of urea groups is 1. The highest BCUT2D eigenvalue weighted by atomic mass is 19.3. The number of nitrogens with zero attached hydrogens (tertiary/aromatic N) is 2. The van der Waals surface area contributed by atoms with Crippen molar-refractivity contribution in [1.29, 1.82) is 0 Å². The van der Waals surface area contributed by atoms with Gasteiger partial charge in [0.1, 0.15) is 5.75 Å². The molecule has 0 bridgehead atoms. The zero-order valence-electron chi connectivity index (χ0n) is 10.9. The molecule has 0 spiro atoms. The third kappa shape index (κ3) is 3.77. The molecule has 1 aromatic carbocycles. The minimum absolute atomic E-state index is 0.151. The lowest BCUT2D eigenvalue weighted by Crippen LogP contribution is -2.32. The highest BCUT2D eigenvalue weighted by Crippen LogP contribution is 2.30. The van der Waals surface area contributed by atoms with E-state index in [0.717, 1.165) is 31.0 Å². The molecule has 0 unspecified atom stereocenters. The van der Waals surface area contributed by atoms with Crippen molar-refractivity contribution in [1.82, 2.24) is 4.90 Å². The summed E-state index contributed by atoms with van der Waals surface area (Å²) in [6.45, 7) is -1.97. The van der Waals surface area contributed by atoms with E-state index in [0.29, 0.717) is 13.1 Å². The lowest BCUT2D eigenvalue weighted by molar-refractivity contribution is -0.384. The van der Waals surface area contributed by atoms with Gasteiger partial charge in [0.15, 0.2) is 0 Å². The number of likely N-dealkylation sites (tertiary alicyclic amines) is 1. The normalized spacial score (nSPS) is 14.3. The number of carbonyl (C=O) groups is 1. The molecule has 0 aromatic heterocycles. The summed E-state index contributed by atoms with van der Waals surface area (Å²) in [6.07, 6.45) is 1.73. The minimum atomic E-state index is -3.09. The van der Waals surface area contributed by atoms with E-state index in [9.17, 15) is 23.7 Å². The Morgan fingerprint density at radius 1 is 1.38 bits per heavy atom. The number of hydrogen-bond acceptors (Lipinski definition) is 4. The number of non-ortho nitro benzene ring substituents is 1. The van der Waals surface area contributed by atoms with E-state index in [-0.39, 0.29) is 17.1 Å². The summed E-state index contributed by atoms with van der Waals surface area (Å²) in [5.74, 6) is -0.317. The molecule has 2 amide bonds. The van der Waals surface area contributed by atoms with Crippen molar-refractivity contribution in [2.24, 2.45) is 0 Å². The standard InChI is InChI=1S/C12H13F2N3O4/c13-11(14)21-10-4-3-8(17(19)20)7-9(10)15-12(18)16-5-1-2-6-16/h3-4,7,11H,1-2,5-6H2,(H,15,18). The van der Waals surface area contributed by atoms with Gasteiger partial charge in [0.25, 0.3) is 5.69 Å². The number of ether oxygens (including phenoxy) is 1. The third-order valence-electron chi connectivity index (χ3n) is 3.02. The number of anilines is 1. The van der Waals surface area contributed by atoms with Crippen LogP contribution in [-0.4, -0.2) is 35.6 Å². The molecule has 1 aliphatic rings. The van der Waals surface area contributed by atoms with Crippen LogP contribution in [-0.2, 0) is 0 Å². The van der Waals surface area contributed by atoms with Crippen molar-refractivity contribution in [3.05, 3.63) is 28.3 Å². The Morgan fingerprint density at radius 2 is 2.05 bits per heavy atom. The van der Waals surface area contributed by atoms with Crippen LogP contribution in [0.25, 0.3) is 0 Å². The molecule has 0 aliphatic carbocycles. The molecule has 1 aromatic rings. The quantitative estimate of drug-likeness (QED) is 0.684. The van der Waals surface area contributed by atoms with E-state index < -0.39 is 17.6 Å². The van der Waals surface area contributed by atoms with E-state index in [1.54, 1.807) is 0 Å². The van der Waals surface area contributed by atoms with E-state index in [4.69, 9.17) is 0 Å². The van der Waals surface area contributed by atoms with Crippen LogP contribution >= 0.6 is 0 Å². The zero-order valence-corrected chi connectivity index (χ0v) is 10.9. The number of rotatable bonds is 4. The predicted octanol–water partition coefficient (Wildman–Crippen LogP) is 2.82. The molecule has 0 saturated carbocycles. The molecule has 1 saturated heterocycles. The minimum Gasteiger partial charge on any atom is -0.433 e. The molecule has 0 atom stereocenters. The molecule has 9 heteroatoms. The second-order valence-corrected chi connectivity index (χ2v) is 4.44. The maximum atomic E-state index is 12.3. The fourth-order valence-corrected chi connectivity index (χ4v) is 2.04. The van der Waals surface area contributed by atoms with Crippen LogP contribution in [0.3, 0.4) is 0 Å². The summed E-state index contributed by atoms with van der Waals surface area (Å²) < 4.78 is 28.9. The second kappa shape index (κ2) is 6.33. The van der Waals surface area contributed by atoms with Gasteiger partial charge in [-0.3, -0.25) is 10.1 Å². The molecular formula is C12H13F2N3O4. The first-order valence-electron chi connectivity index (χ1n) is 6.26. The molecule has 114 valence electrons. The van der Waals surface area contributed by atoms with Crippen LogP contribution in [0.5, 0.6) is 5.75 Å². The maximum Gasteiger partial charge on any atom is 0.387 e. The SMILES string of the molecule is O=C(Nc1cc([N+](=O)[O-])ccc1OC(F)F)N1CCCC1. The van der Waals surface area contributed by atoms with Crippen LogP contribution in [0.15, 0.2) is 18.2 Å². The average Bonchev–Trinajstić information content (AvgIpc) is 2.93. The van der Waals surface area contributed by atoms with E-state index in [1.165, 1.54) is 4.90 Å². The van der Waals surface area contributed by atoms with Gasteiger partial charge in [0.2, 0.25) is 0 Å². The van der Waals surface area contributed by atoms with Gasteiger partial charge in [0.05, 0.1) is 10.6 Å². The zero-order chi connectivity index (χ0) is 15.4. The summed E-state index contributed by atoms with van der Waals surface area (Å²) in [6, 6.07) is 2.56. The van der Waals surface area contributed by atoms with Crippen molar-refractivity contribution in [2.75, 3.05) is 18.4 Å². The maximum absolute atomic E-state index is 12.3. The van der Waals surface area contributed by atoms with Crippen LogP contribution in [0, 0.1) is 10.1 Å². The Hall–Kier alpha value is -2.45. The molecule has 21 heavy (non-hydrogen) atoms. The Morgan fingerprint density at radius 3 is 2.62 bits per heavy atom. The largest absolute Gasteiger partial charge is 0.433 e. The summed E-state index contributed by atoms with van der Waals surface area (Å²) in [7, 11) is 0. The summed E-state index contributed by atoms with van der Waals surface area (Å²) in [4.78, 5) is 23.5. The third-order valence-corrected chi connectivity index (χ3v) is 3.02. The highest BCUT2D eigenvalue weighted by Gasteiger charge is 2.21. The average molecular weight is 301 g/mol. The first-order valence-corrected chi connectivity index (χ1v) is 6.26. The van der Waals surface area contributed by atoms with Crippen molar-refractivity contribution in [3.8, 4) is 5.75 Å². The van der Waals surface area contributed by atoms with Crippen LogP contribution < -0.4 is 10.1 Å². The van der Waals surface area contributed by atoms with Gasteiger partial charge >= 0.3 is 12.6 Å². The number of nitro groups is 1. The number of hydrogen-bond donors (Lipinski definition) is 1. The topological polar surface area (TPSA) is 84.7 Å². The number of halogens is 2. The number of alkyl halides is 2. The first kappa shape index (κ1) is 14.9. The van der Waals surface area contributed by atoms with E-state index >= 15 is 0 Å². The van der Waals surface area contributed by atoms with Crippen LogP contribution in [0.1, 0.15) is 12.8 Å². The Kier molecular flexibility index (Phi) is 4.51. The molecule has 1 aliphatic heterocycles. The summed E-state index contributed by atoms with van der Waals surface area (Å²) >= 11 is 0. The van der Waals surface area contributed by atoms with Gasteiger partial charge in [-0.25, -0.2) is 4.79 Å². The Balaban J connectivity index is 2.22. The van der Waals surface area contributed by atoms with Crippen molar-refractivity contribution < 1.29 is 23.2 Å². The van der Waals surface area contributed by atoms with Gasteiger partial charge in [-0.05, 0) is 18.9 Å². The van der Waals surface area contributed by atoms with Crippen LogP contribution in [0.2, 0.25) is 0 Å². The van der Waals surface area contributed by atoms with Crippen LogP contribution in [0.4, 0.5) is 25.0 Å². The number of benzene rings is 1. The fourth-order valence-electron chi connectivity index (χ4n) is 2.04. The number of carbonyl (C=O) groups excluding carboxylic acids is 1. The monoisotopic (exact) mass is 301 g/mol. The molecule has 2 rings (SSSR count). The molecular weight excluding hydrogens is 288 g/mol.